The molecule has 0 spiro atoms. The fourth-order valence-corrected chi connectivity index (χ4v) is 2.76. The summed E-state index contributed by atoms with van der Waals surface area (Å²) >= 11 is 3.54. The predicted molar refractivity (Wildman–Crippen MR) is 90.0 cm³/mol. The minimum Gasteiger partial charge on any atom is -0.306 e. The summed E-state index contributed by atoms with van der Waals surface area (Å²) in [4.78, 5) is 0. The van der Waals surface area contributed by atoms with Crippen molar-refractivity contribution >= 4 is 15.9 Å². The molecule has 0 aliphatic carbocycles. The molecule has 0 aliphatic rings. The number of nitrogens with one attached hydrogen (secondary N) is 1. The number of rotatable bonds is 4. The van der Waals surface area contributed by atoms with Crippen molar-refractivity contribution in [3.05, 3.63) is 68.7 Å². The molecule has 0 bridgehead atoms. The molecule has 20 heavy (non-hydrogen) atoms. The Morgan fingerprint density at radius 1 is 1.00 bits per heavy atom. The van der Waals surface area contributed by atoms with E-state index < -0.39 is 0 Å². The van der Waals surface area contributed by atoms with E-state index in [1.807, 2.05) is 0 Å². The Bertz CT molecular complexity index is 604. The third-order valence-electron chi connectivity index (χ3n) is 3.73. The summed E-state index contributed by atoms with van der Waals surface area (Å²) in [5.74, 6) is 0. The molecule has 1 N–H and O–H groups in total. The SMILES string of the molecule is Cc1ccc(C(C)NCc2ccc(Br)c(C)c2)c(C)c1. The third kappa shape index (κ3) is 3.71. The second-order valence-corrected chi connectivity index (χ2v) is 6.40. The number of benzene rings is 2. The van der Waals surface area contributed by atoms with Gasteiger partial charge in [0.1, 0.15) is 0 Å². The lowest BCUT2D eigenvalue weighted by atomic mass is 10.00. The Hall–Kier alpha value is -1.12. The topological polar surface area (TPSA) is 12.0 Å². The summed E-state index contributed by atoms with van der Waals surface area (Å²) in [6, 6.07) is 13.5. The van der Waals surface area contributed by atoms with Gasteiger partial charge < -0.3 is 5.32 Å². The zero-order valence-corrected chi connectivity index (χ0v) is 14.2. The molecule has 1 atom stereocenters. The van der Waals surface area contributed by atoms with Crippen LogP contribution in [0.2, 0.25) is 0 Å². The maximum Gasteiger partial charge on any atom is 0.0297 e. The smallest absolute Gasteiger partial charge is 0.0297 e. The summed E-state index contributed by atoms with van der Waals surface area (Å²) in [5, 5.41) is 3.61. The lowest BCUT2D eigenvalue weighted by Gasteiger charge is -2.17. The maximum atomic E-state index is 3.61. The average molecular weight is 332 g/mol. The van der Waals surface area contributed by atoms with Crippen molar-refractivity contribution in [3.63, 3.8) is 0 Å². The minimum absolute atomic E-state index is 0.361. The number of aryl methyl sites for hydroxylation is 3. The largest absolute Gasteiger partial charge is 0.306 e. The highest BCUT2D eigenvalue weighted by atomic mass is 79.9. The third-order valence-corrected chi connectivity index (χ3v) is 4.62. The van der Waals surface area contributed by atoms with Crippen LogP contribution in [0.4, 0.5) is 0 Å². The van der Waals surface area contributed by atoms with Crippen molar-refractivity contribution < 1.29 is 0 Å². The van der Waals surface area contributed by atoms with Crippen LogP contribution in [-0.4, -0.2) is 0 Å². The molecule has 0 radical (unpaired) electrons. The molecule has 0 saturated heterocycles. The van der Waals surface area contributed by atoms with Crippen LogP contribution < -0.4 is 5.32 Å². The maximum absolute atomic E-state index is 3.61. The van der Waals surface area contributed by atoms with Crippen molar-refractivity contribution in [2.45, 2.75) is 40.3 Å². The van der Waals surface area contributed by atoms with Crippen LogP contribution in [0.15, 0.2) is 40.9 Å². The molecule has 0 heterocycles. The Labute approximate surface area is 130 Å². The van der Waals surface area contributed by atoms with E-state index in [9.17, 15) is 0 Å². The van der Waals surface area contributed by atoms with E-state index in [0.29, 0.717) is 6.04 Å². The summed E-state index contributed by atoms with van der Waals surface area (Å²) in [7, 11) is 0. The van der Waals surface area contributed by atoms with Crippen molar-refractivity contribution in [1.29, 1.82) is 0 Å². The summed E-state index contributed by atoms with van der Waals surface area (Å²) in [5.41, 5.74) is 6.66. The fraction of sp³-hybridized carbons (Fsp3) is 0.333. The van der Waals surface area contributed by atoms with E-state index in [0.717, 1.165) is 6.54 Å². The molecule has 0 aromatic heterocycles. The molecule has 106 valence electrons. The van der Waals surface area contributed by atoms with Crippen molar-refractivity contribution in [1.82, 2.24) is 5.32 Å². The van der Waals surface area contributed by atoms with Gasteiger partial charge in [0.25, 0.3) is 0 Å². The number of hydrogen-bond acceptors (Lipinski definition) is 1. The molecule has 2 heteroatoms. The van der Waals surface area contributed by atoms with Gasteiger partial charge in [0.15, 0.2) is 0 Å². The van der Waals surface area contributed by atoms with Gasteiger partial charge in [-0.1, -0.05) is 51.8 Å². The highest BCUT2D eigenvalue weighted by Gasteiger charge is 2.08. The van der Waals surface area contributed by atoms with E-state index in [-0.39, 0.29) is 0 Å². The molecule has 0 amide bonds. The first-order valence-corrected chi connectivity index (χ1v) is 7.82. The van der Waals surface area contributed by atoms with Crippen molar-refractivity contribution in [2.75, 3.05) is 0 Å². The molecule has 0 saturated carbocycles. The van der Waals surface area contributed by atoms with Crippen LogP contribution >= 0.6 is 15.9 Å². The lowest BCUT2D eigenvalue weighted by molar-refractivity contribution is 0.572. The first kappa shape index (κ1) is 15.3. The second-order valence-electron chi connectivity index (χ2n) is 5.55. The molecular formula is C18H22BrN. The summed E-state index contributed by atoms with van der Waals surface area (Å²) < 4.78 is 1.17. The highest BCUT2D eigenvalue weighted by Crippen LogP contribution is 2.20. The Morgan fingerprint density at radius 2 is 1.75 bits per heavy atom. The molecule has 2 aromatic rings. The van der Waals surface area contributed by atoms with Crippen LogP contribution in [0.25, 0.3) is 0 Å². The molecule has 0 fully saturated rings. The van der Waals surface area contributed by atoms with Crippen LogP contribution in [0.5, 0.6) is 0 Å². The van der Waals surface area contributed by atoms with E-state index in [1.54, 1.807) is 0 Å². The van der Waals surface area contributed by atoms with Gasteiger partial charge in [0, 0.05) is 17.1 Å². The summed E-state index contributed by atoms with van der Waals surface area (Å²) in [6.45, 7) is 9.57. The van der Waals surface area contributed by atoms with Crippen LogP contribution in [0.1, 0.15) is 40.8 Å². The predicted octanol–water partition coefficient (Wildman–Crippen LogP) is 5.23. The quantitative estimate of drug-likeness (QED) is 0.809. The standard InChI is InChI=1S/C18H22BrN/c1-12-5-7-17(13(2)9-12)15(4)20-11-16-6-8-18(19)14(3)10-16/h5-10,15,20H,11H2,1-4H3. The van der Waals surface area contributed by atoms with Crippen LogP contribution in [0.3, 0.4) is 0 Å². The second kappa shape index (κ2) is 6.55. The van der Waals surface area contributed by atoms with E-state index in [1.165, 1.54) is 32.3 Å². The van der Waals surface area contributed by atoms with Gasteiger partial charge in [0.05, 0.1) is 0 Å². The molecular weight excluding hydrogens is 310 g/mol. The van der Waals surface area contributed by atoms with Gasteiger partial charge in [-0.3, -0.25) is 0 Å². The van der Waals surface area contributed by atoms with Gasteiger partial charge in [-0.25, -0.2) is 0 Å². The normalized spacial score (nSPS) is 12.4. The Morgan fingerprint density at radius 3 is 2.40 bits per heavy atom. The zero-order chi connectivity index (χ0) is 14.7. The number of halogens is 1. The van der Waals surface area contributed by atoms with E-state index in [4.69, 9.17) is 0 Å². The van der Waals surface area contributed by atoms with Gasteiger partial charge in [-0.15, -0.1) is 0 Å². The van der Waals surface area contributed by atoms with Crippen LogP contribution in [0, 0.1) is 20.8 Å². The Balaban J connectivity index is 2.04. The Kier molecular flexibility index (Phi) is 5.00. The zero-order valence-electron chi connectivity index (χ0n) is 12.6. The van der Waals surface area contributed by atoms with Crippen molar-refractivity contribution in [2.24, 2.45) is 0 Å². The molecule has 2 aromatic carbocycles. The van der Waals surface area contributed by atoms with Crippen LogP contribution in [-0.2, 0) is 6.54 Å². The molecule has 0 aliphatic heterocycles. The van der Waals surface area contributed by atoms with E-state index >= 15 is 0 Å². The first-order chi connectivity index (χ1) is 9.47. The highest BCUT2D eigenvalue weighted by molar-refractivity contribution is 9.10. The summed E-state index contributed by atoms with van der Waals surface area (Å²) in [6.07, 6.45) is 0. The number of hydrogen-bond donors (Lipinski definition) is 1. The first-order valence-electron chi connectivity index (χ1n) is 7.03. The fourth-order valence-electron chi connectivity index (χ4n) is 2.51. The monoisotopic (exact) mass is 331 g/mol. The molecule has 1 unspecified atom stereocenters. The van der Waals surface area contributed by atoms with Gasteiger partial charge in [0.2, 0.25) is 0 Å². The average Bonchev–Trinajstić information content (AvgIpc) is 2.40. The van der Waals surface area contributed by atoms with Crippen molar-refractivity contribution in [3.8, 4) is 0 Å². The molecule has 2 rings (SSSR count). The van der Waals surface area contributed by atoms with E-state index in [2.05, 4.69) is 85.3 Å². The lowest BCUT2D eigenvalue weighted by Crippen LogP contribution is -2.19. The van der Waals surface area contributed by atoms with Gasteiger partial charge >= 0.3 is 0 Å². The minimum atomic E-state index is 0.361. The molecule has 1 nitrogen and oxygen atoms in total. The van der Waals surface area contributed by atoms with Gasteiger partial charge in [-0.2, -0.15) is 0 Å². The van der Waals surface area contributed by atoms with Gasteiger partial charge in [-0.05, 0) is 56.0 Å².